The Bertz CT molecular complexity index is 356. The maximum Gasteiger partial charge on any atom is 0.178 e. The maximum atomic E-state index is 12.9. The van der Waals surface area contributed by atoms with Gasteiger partial charge in [-0.3, -0.25) is 4.79 Å². The zero-order valence-corrected chi connectivity index (χ0v) is 8.82. The Morgan fingerprint density at radius 2 is 2.23 bits per heavy atom. The van der Waals surface area contributed by atoms with E-state index in [2.05, 4.69) is 15.9 Å². The number of ketones is 1. The summed E-state index contributed by atoms with van der Waals surface area (Å²) in [6, 6.07) is 2.42. The van der Waals surface area contributed by atoms with Gasteiger partial charge in [0.1, 0.15) is 5.82 Å². The van der Waals surface area contributed by atoms with Crippen molar-refractivity contribution in [3.63, 3.8) is 0 Å². The number of carbonyl (C=O) groups excluding carboxylic acids is 1. The summed E-state index contributed by atoms with van der Waals surface area (Å²) < 4.78 is 13.4. The number of rotatable bonds is 2. The van der Waals surface area contributed by atoms with Crippen molar-refractivity contribution in [2.75, 3.05) is 11.6 Å². The molecule has 0 heterocycles. The number of nitrogens with two attached hydrogens (primary N) is 1. The summed E-state index contributed by atoms with van der Waals surface area (Å²) in [6.45, 7) is 0. The average Bonchev–Trinajstić information content (AvgIpc) is 2.10. The number of hydrogen-bond donors (Lipinski definition) is 1. The fraction of sp³-hybridized carbons (Fsp3) is 0.125. The average molecular weight is 266 g/mol. The molecule has 0 atom stereocenters. The summed E-state index contributed by atoms with van der Waals surface area (Å²) in [4.78, 5) is 11.1. The minimum absolute atomic E-state index is 0.00185. The molecule has 70 valence electrons. The molecule has 0 radical (unpaired) electrons. The monoisotopic (exact) mass is 265 g/mol. The standard InChI is InChI=1S/C8H6BrClFNO/c9-5-2-7(12)6(11)1-4(5)8(13)3-10/h1-2H,3,12H2. The maximum absolute atomic E-state index is 12.9. The number of carbonyl (C=O) groups is 1. The predicted octanol–water partition coefficient (Wildman–Crippen LogP) is 2.59. The number of Topliss-reactive ketones (excluding diaryl/α,β-unsaturated/α-hetero) is 1. The Morgan fingerprint density at radius 1 is 1.62 bits per heavy atom. The fourth-order valence-electron chi connectivity index (χ4n) is 0.848. The van der Waals surface area contributed by atoms with Gasteiger partial charge in [0.15, 0.2) is 5.78 Å². The molecule has 2 nitrogen and oxygen atoms in total. The minimum atomic E-state index is -0.614. The van der Waals surface area contributed by atoms with Crippen molar-refractivity contribution in [1.82, 2.24) is 0 Å². The lowest BCUT2D eigenvalue weighted by Gasteiger charge is -2.03. The molecule has 13 heavy (non-hydrogen) atoms. The van der Waals surface area contributed by atoms with Crippen LogP contribution < -0.4 is 5.73 Å². The first-order valence-corrected chi connectivity index (χ1v) is 4.72. The predicted molar refractivity (Wildman–Crippen MR) is 53.6 cm³/mol. The van der Waals surface area contributed by atoms with Gasteiger partial charge in [0, 0.05) is 10.0 Å². The molecule has 0 saturated carbocycles. The first-order chi connectivity index (χ1) is 6.06. The molecule has 0 aliphatic rings. The highest BCUT2D eigenvalue weighted by Gasteiger charge is 2.11. The van der Waals surface area contributed by atoms with Gasteiger partial charge in [-0.15, -0.1) is 11.6 Å². The second kappa shape index (κ2) is 4.07. The summed E-state index contributed by atoms with van der Waals surface area (Å²) in [5, 5.41) is 0. The highest BCUT2D eigenvalue weighted by atomic mass is 79.9. The minimum Gasteiger partial charge on any atom is -0.396 e. The normalized spacial score (nSPS) is 10.1. The van der Waals surface area contributed by atoms with Gasteiger partial charge >= 0.3 is 0 Å². The topological polar surface area (TPSA) is 43.1 Å². The zero-order valence-electron chi connectivity index (χ0n) is 6.48. The van der Waals surface area contributed by atoms with E-state index in [0.717, 1.165) is 6.07 Å². The van der Waals surface area contributed by atoms with E-state index in [-0.39, 0.29) is 22.9 Å². The van der Waals surface area contributed by atoms with Crippen molar-refractivity contribution >= 4 is 39.0 Å². The molecule has 0 aromatic heterocycles. The largest absolute Gasteiger partial charge is 0.396 e. The smallest absolute Gasteiger partial charge is 0.178 e. The van der Waals surface area contributed by atoms with Crippen LogP contribution >= 0.6 is 27.5 Å². The van der Waals surface area contributed by atoms with Crippen molar-refractivity contribution in [2.45, 2.75) is 0 Å². The molecule has 0 unspecified atom stereocenters. The highest BCUT2D eigenvalue weighted by Crippen LogP contribution is 2.23. The summed E-state index contributed by atoms with van der Waals surface area (Å²) in [7, 11) is 0. The van der Waals surface area contributed by atoms with Gasteiger partial charge in [-0.25, -0.2) is 4.39 Å². The van der Waals surface area contributed by atoms with Gasteiger partial charge in [0.25, 0.3) is 0 Å². The lowest BCUT2D eigenvalue weighted by molar-refractivity contribution is 0.102. The molecule has 0 spiro atoms. The van der Waals surface area contributed by atoms with E-state index in [1.165, 1.54) is 6.07 Å². The van der Waals surface area contributed by atoms with Crippen LogP contribution in [0.5, 0.6) is 0 Å². The number of nitrogen functional groups attached to an aromatic ring is 1. The van der Waals surface area contributed by atoms with Crippen LogP contribution in [0.3, 0.4) is 0 Å². The number of alkyl halides is 1. The molecule has 1 rings (SSSR count). The van der Waals surface area contributed by atoms with Gasteiger partial charge in [-0.05, 0) is 28.1 Å². The number of benzene rings is 1. The number of halogens is 3. The second-order valence-electron chi connectivity index (χ2n) is 2.41. The third-order valence-corrected chi connectivity index (χ3v) is 2.41. The summed E-state index contributed by atoms with van der Waals surface area (Å²) >= 11 is 8.42. The number of anilines is 1. The Kier molecular flexibility index (Phi) is 3.27. The number of hydrogen-bond acceptors (Lipinski definition) is 2. The molecule has 0 amide bonds. The Labute approximate surface area is 88.0 Å². The van der Waals surface area contributed by atoms with E-state index in [1.54, 1.807) is 0 Å². The SMILES string of the molecule is Nc1cc(Br)c(C(=O)CCl)cc1F. The van der Waals surface area contributed by atoms with Crippen LogP contribution in [-0.2, 0) is 0 Å². The van der Waals surface area contributed by atoms with Crippen LogP contribution in [0.4, 0.5) is 10.1 Å². The summed E-state index contributed by atoms with van der Waals surface area (Å²) in [5.74, 6) is -1.13. The molecular weight excluding hydrogens is 260 g/mol. The van der Waals surface area contributed by atoms with E-state index in [4.69, 9.17) is 17.3 Å². The van der Waals surface area contributed by atoms with Gasteiger partial charge in [-0.2, -0.15) is 0 Å². The molecular formula is C8H6BrClFNO. The van der Waals surface area contributed by atoms with Crippen molar-refractivity contribution in [3.8, 4) is 0 Å². The van der Waals surface area contributed by atoms with E-state index >= 15 is 0 Å². The van der Waals surface area contributed by atoms with Crippen molar-refractivity contribution in [3.05, 3.63) is 28.0 Å². The third-order valence-electron chi connectivity index (χ3n) is 1.51. The molecule has 1 aromatic rings. The van der Waals surface area contributed by atoms with Crippen LogP contribution in [-0.4, -0.2) is 11.7 Å². The lowest BCUT2D eigenvalue weighted by atomic mass is 10.1. The van der Waals surface area contributed by atoms with E-state index in [0.29, 0.717) is 4.47 Å². The van der Waals surface area contributed by atoms with E-state index in [1.807, 2.05) is 0 Å². The molecule has 2 N–H and O–H groups in total. The fourth-order valence-corrected chi connectivity index (χ4v) is 1.57. The van der Waals surface area contributed by atoms with E-state index < -0.39 is 5.82 Å². The molecule has 0 aliphatic heterocycles. The first-order valence-electron chi connectivity index (χ1n) is 3.40. The van der Waals surface area contributed by atoms with Gasteiger partial charge in [0.2, 0.25) is 0 Å². The van der Waals surface area contributed by atoms with E-state index in [9.17, 15) is 9.18 Å². The van der Waals surface area contributed by atoms with Gasteiger partial charge < -0.3 is 5.73 Å². The zero-order chi connectivity index (χ0) is 10.0. The first kappa shape index (κ1) is 10.5. The Hall–Kier alpha value is -0.610. The highest BCUT2D eigenvalue weighted by molar-refractivity contribution is 9.10. The van der Waals surface area contributed by atoms with Gasteiger partial charge in [-0.1, -0.05) is 0 Å². The molecule has 0 fully saturated rings. The second-order valence-corrected chi connectivity index (χ2v) is 3.53. The van der Waals surface area contributed by atoms with Crippen LogP contribution in [0.2, 0.25) is 0 Å². The molecule has 5 heteroatoms. The quantitative estimate of drug-likeness (QED) is 0.508. The molecule has 0 aliphatic carbocycles. The van der Waals surface area contributed by atoms with Crippen molar-refractivity contribution < 1.29 is 9.18 Å². The summed E-state index contributed by atoms with van der Waals surface area (Å²) in [6.07, 6.45) is 0. The van der Waals surface area contributed by atoms with Crippen molar-refractivity contribution in [2.24, 2.45) is 0 Å². The van der Waals surface area contributed by atoms with Crippen LogP contribution in [0.1, 0.15) is 10.4 Å². The summed E-state index contributed by atoms with van der Waals surface area (Å²) in [5.41, 5.74) is 5.49. The molecule has 0 saturated heterocycles. The van der Waals surface area contributed by atoms with Gasteiger partial charge in [0.05, 0.1) is 11.6 Å². The van der Waals surface area contributed by atoms with Crippen LogP contribution in [0.15, 0.2) is 16.6 Å². The lowest BCUT2D eigenvalue weighted by Crippen LogP contribution is -2.03. The molecule has 1 aromatic carbocycles. The Morgan fingerprint density at radius 3 is 2.77 bits per heavy atom. The molecule has 0 bridgehead atoms. The van der Waals surface area contributed by atoms with Crippen LogP contribution in [0, 0.1) is 5.82 Å². The van der Waals surface area contributed by atoms with Crippen molar-refractivity contribution in [1.29, 1.82) is 0 Å². The van der Waals surface area contributed by atoms with Crippen LogP contribution in [0.25, 0.3) is 0 Å². The Balaban J connectivity index is 3.23. The third kappa shape index (κ3) is 2.19.